The smallest absolute Gasteiger partial charge is 0.318 e. The van der Waals surface area contributed by atoms with Crippen molar-refractivity contribution in [1.82, 2.24) is 15.5 Å². The van der Waals surface area contributed by atoms with E-state index in [0.717, 1.165) is 17.5 Å². The molecule has 0 unspecified atom stereocenters. The predicted octanol–water partition coefficient (Wildman–Crippen LogP) is 3.60. The fourth-order valence-corrected chi connectivity index (χ4v) is 3.28. The van der Waals surface area contributed by atoms with E-state index < -0.39 is 0 Å². The number of amides is 2. The maximum atomic E-state index is 13.1. The fraction of sp³-hybridized carbons (Fsp3) is 0.150. The maximum Gasteiger partial charge on any atom is 0.318 e. The number of hydrogen-bond acceptors (Lipinski definition) is 3. The topological polar surface area (TPSA) is 86.9 Å². The number of nitrogens with zero attached hydrogens (tertiary/aromatic N) is 1. The summed E-state index contributed by atoms with van der Waals surface area (Å²) in [6.07, 6.45) is 0.956. The second kappa shape index (κ2) is 6.15. The quantitative estimate of drug-likeness (QED) is 0.530. The zero-order valence-corrected chi connectivity index (χ0v) is 14.5. The van der Waals surface area contributed by atoms with Crippen LogP contribution >= 0.6 is 0 Å². The lowest BCUT2D eigenvalue weighted by Crippen LogP contribution is -2.25. The van der Waals surface area contributed by atoms with Crippen molar-refractivity contribution in [2.24, 2.45) is 0 Å². The monoisotopic (exact) mass is 346 g/mol. The highest BCUT2D eigenvalue weighted by Gasteiger charge is 2.34. The van der Waals surface area contributed by atoms with E-state index in [1.165, 1.54) is 12.6 Å². The lowest BCUT2D eigenvalue weighted by atomic mass is 10.0. The number of ketones is 1. The molecule has 0 saturated carbocycles. The number of aromatic nitrogens is 2. The first kappa shape index (κ1) is 16.1. The first-order valence-corrected chi connectivity index (χ1v) is 8.48. The summed E-state index contributed by atoms with van der Waals surface area (Å²) in [6.45, 7) is 2.10. The number of carbonyl (C=O) groups is 2. The zero-order valence-electron chi connectivity index (χ0n) is 14.5. The largest absolute Gasteiger partial charge is 0.341 e. The lowest BCUT2D eigenvalue weighted by Gasteiger charge is -2.09. The number of fused-ring (bicyclic) bond motifs is 3. The van der Waals surface area contributed by atoms with Crippen LogP contribution in [0.5, 0.6) is 0 Å². The van der Waals surface area contributed by atoms with Crippen LogP contribution < -0.4 is 10.6 Å². The SMILES string of the molecule is CCc1ccc(-c2n[nH]c3c2C(=O)c2c(NC(=O)NC)cccc2-3)cc1. The van der Waals surface area contributed by atoms with E-state index in [0.29, 0.717) is 28.2 Å². The summed E-state index contributed by atoms with van der Waals surface area (Å²) in [5.74, 6) is -0.134. The van der Waals surface area contributed by atoms with Crippen molar-refractivity contribution in [1.29, 1.82) is 0 Å². The molecule has 0 aliphatic heterocycles. The van der Waals surface area contributed by atoms with Gasteiger partial charge in [0.1, 0.15) is 5.69 Å². The number of H-pyrrole nitrogens is 1. The van der Waals surface area contributed by atoms with E-state index in [2.05, 4.69) is 27.8 Å². The van der Waals surface area contributed by atoms with Crippen LogP contribution in [0.4, 0.5) is 10.5 Å². The van der Waals surface area contributed by atoms with E-state index >= 15 is 0 Å². The van der Waals surface area contributed by atoms with Crippen molar-refractivity contribution in [3.63, 3.8) is 0 Å². The molecule has 26 heavy (non-hydrogen) atoms. The Hall–Kier alpha value is -3.41. The minimum atomic E-state index is -0.365. The number of aromatic amines is 1. The Morgan fingerprint density at radius 3 is 2.58 bits per heavy atom. The number of carbonyl (C=O) groups excluding carboxylic acids is 2. The molecule has 1 aromatic heterocycles. The van der Waals surface area contributed by atoms with Crippen LogP contribution in [0, 0.1) is 0 Å². The molecule has 0 saturated heterocycles. The van der Waals surface area contributed by atoms with Crippen molar-refractivity contribution in [3.8, 4) is 22.5 Å². The molecule has 0 radical (unpaired) electrons. The van der Waals surface area contributed by atoms with E-state index in [-0.39, 0.29) is 11.8 Å². The minimum absolute atomic E-state index is 0.134. The number of urea groups is 1. The van der Waals surface area contributed by atoms with Gasteiger partial charge in [0.25, 0.3) is 0 Å². The molecule has 130 valence electrons. The molecule has 2 amide bonds. The highest BCUT2D eigenvalue weighted by atomic mass is 16.2. The van der Waals surface area contributed by atoms with Crippen molar-refractivity contribution >= 4 is 17.5 Å². The summed E-state index contributed by atoms with van der Waals surface area (Å²) in [4.78, 5) is 24.8. The first-order valence-electron chi connectivity index (χ1n) is 8.48. The maximum absolute atomic E-state index is 13.1. The van der Waals surface area contributed by atoms with Crippen LogP contribution in [-0.4, -0.2) is 29.1 Å². The number of nitrogens with one attached hydrogen (secondary N) is 3. The molecule has 2 aromatic carbocycles. The summed E-state index contributed by atoms with van der Waals surface area (Å²) >= 11 is 0. The van der Waals surface area contributed by atoms with Crippen LogP contribution in [0.15, 0.2) is 42.5 Å². The average molecular weight is 346 g/mol. The van der Waals surface area contributed by atoms with E-state index in [1.54, 1.807) is 6.07 Å². The van der Waals surface area contributed by atoms with Crippen molar-refractivity contribution in [2.45, 2.75) is 13.3 Å². The highest BCUT2D eigenvalue weighted by Crippen LogP contribution is 2.42. The molecule has 0 bridgehead atoms. The Labute approximate surface area is 150 Å². The summed E-state index contributed by atoms with van der Waals surface area (Å²) in [5, 5.41) is 12.6. The predicted molar refractivity (Wildman–Crippen MR) is 100 cm³/mol. The summed E-state index contributed by atoms with van der Waals surface area (Å²) in [5.41, 5.74) is 5.73. The Morgan fingerprint density at radius 2 is 1.88 bits per heavy atom. The lowest BCUT2D eigenvalue weighted by molar-refractivity contribution is 0.104. The summed E-state index contributed by atoms with van der Waals surface area (Å²) in [6, 6.07) is 13.1. The molecule has 6 nitrogen and oxygen atoms in total. The van der Waals surface area contributed by atoms with Crippen LogP contribution in [-0.2, 0) is 6.42 Å². The molecule has 1 aliphatic rings. The van der Waals surface area contributed by atoms with Gasteiger partial charge >= 0.3 is 6.03 Å². The number of hydrogen-bond donors (Lipinski definition) is 3. The van der Waals surface area contributed by atoms with Gasteiger partial charge in [-0.05, 0) is 18.1 Å². The van der Waals surface area contributed by atoms with Gasteiger partial charge in [-0.2, -0.15) is 5.10 Å². The number of benzene rings is 2. The summed E-state index contributed by atoms with van der Waals surface area (Å²) < 4.78 is 0. The molecule has 0 fully saturated rings. The molecular formula is C20H18N4O2. The third-order valence-electron chi connectivity index (χ3n) is 4.67. The van der Waals surface area contributed by atoms with Gasteiger partial charge in [-0.1, -0.05) is 43.3 Å². The first-order chi connectivity index (χ1) is 12.6. The van der Waals surface area contributed by atoms with Gasteiger partial charge in [0.05, 0.1) is 22.5 Å². The molecule has 0 spiro atoms. The third-order valence-corrected chi connectivity index (χ3v) is 4.67. The number of aryl methyl sites for hydroxylation is 1. The van der Waals surface area contributed by atoms with Gasteiger partial charge in [0.15, 0.2) is 5.78 Å². The van der Waals surface area contributed by atoms with Crippen LogP contribution in [0.3, 0.4) is 0 Å². The van der Waals surface area contributed by atoms with Gasteiger partial charge in [-0.25, -0.2) is 4.79 Å². The fourth-order valence-electron chi connectivity index (χ4n) is 3.28. The van der Waals surface area contributed by atoms with Gasteiger partial charge in [-0.3, -0.25) is 9.89 Å². The Balaban J connectivity index is 1.80. The van der Waals surface area contributed by atoms with Crippen LogP contribution in [0.1, 0.15) is 28.4 Å². The van der Waals surface area contributed by atoms with E-state index in [9.17, 15) is 9.59 Å². The summed E-state index contributed by atoms with van der Waals surface area (Å²) in [7, 11) is 1.53. The average Bonchev–Trinajstić information content (AvgIpc) is 3.22. The highest BCUT2D eigenvalue weighted by molar-refractivity contribution is 6.26. The zero-order chi connectivity index (χ0) is 18.3. The minimum Gasteiger partial charge on any atom is -0.341 e. The van der Waals surface area contributed by atoms with Gasteiger partial charge in [-0.15, -0.1) is 0 Å². The van der Waals surface area contributed by atoms with E-state index in [4.69, 9.17) is 0 Å². The molecule has 4 rings (SSSR count). The molecule has 3 N–H and O–H groups in total. The number of rotatable bonds is 3. The van der Waals surface area contributed by atoms with Gasteiger partial charge in [0, 0.05) is 18.2 Å². The molecular weight excluding hydrogens is 328 g/mol. The Kier molecular flexibility index (Phi) is 3.80. The molecule has 1 aliphatic carbocycles. The van der Waals surface area contributed by atoms with Gasteiger partial charge < -0.3 is 10.6 Å². The van der Waals surface area contributed by atoms with Crippen molar-refractivity contribution in [2.75, 3.05) is 12.4 Å². The molecule has 1 heterocycles. The molecule has 3 aromatic rings. The van der Waals surface area contributed by atoms with Crippen LogP contribution in [0.25, 0.3) is 22.5 Å². The standard InChI is InChI=1S/C20H18N4O2/c1-3-11-7-9-12(10-8-11)17-16-18(24-23-17)13-5-4-6-14(15(13)19(16)25)22-20(26)21-2/h4-10H,3H2,1-2H3,(H,23,24)(H2,21,22,26). The Morgan fingerprint density at radius 1 is 1.12 bits per heavy atom. The van der Waals surface area contributed by atoms with Crippen LogP contribution in [0.2, 0.25) is 0 Å². The molecule has 6 heteroatoms. The Bertz CT molecular complexity index is 1020. The number of anilines is 1. The second-order valence-corrected chi connectivity index (χ2v) is 6.13. The van der Waals surface area contributed by atoms with Gasteiger partial charge in [0.2, 0.25) is 0 Å². The second-order valence-electron chi connectivity index (χ2n) is 6.13. The van der Waals surface area contributed by atoms with E-state index in [1.807, 2.05) is 36.4 Å². The molecule has 0 atom stereocenters. The van der Waals surface area contributed by atoms with Crippen molar-refractivity contribution in [3.05, 3.63) is 59.2 Å². The third kappa shape index (κ3) is 2.38. The van der Waals surface area contributed by atoms with Crippen molar-refractivity contribution < 1.29 is 9.59 Å². The normalized spacial score (nSPS) is 11.8.